The number of carbonyl (C=O) groups is 1. The summed E-state index contributed by atoms with van der Waals surface area (Å²) < 4.78 is 3.41. The van der Waals surface area contributed by atoms with Crippen LogP contribution >= 0.6 is 0 Å². The van der Waals surface area contributed by atoms with E-state index in [0.29, 0.717) is 23.0 Å². The van der Waals surface area contributed by atoms with Gasteiger partial charge in [-0.15, -0.1) is 15.3 Å². The summed E-state index contributed by atoms with van der Waals surface area (Å²) in [6.07, 6.45) is 4.31. The molecule has 0 saturated heterocycles. The minimum atomic E-state index is -0.257. The molecule has 132 valence electrons. The van der Waals surface area contributed by atoms with Gasteiger partial charge in [-0.05, 0) is 47.0 Å². The summed E-state index contributed by atoms with van der Waals surface area (Å²) >= 11 is 0. The third kappa shape index (κ3) is 2.99. The highest BCUT2D eigenvalue weighted by Gasteiger charge is 2.22. The van der Waals surface area contributed by atoms with Gasteiger partial charge in [0, 0.05) is 18.0 Å². The van der Waals surface area contributed by atoms with Gasteiger partial charge in [0.2, 0.25) is 0 Å². The summed E-state index contributed by atoms with van der Waals surface area (Å²) in [4.78, 5) is 12.8. The fourth-order valence-corrected chi connectivity index (χ4v) is 2.92. The molecule has 0 aliphatic rings. The van der Waals surface area contributed by atoms with Gasteiger partial charge < -0.3 is 5.32 Å². The van der Waals surface area contributed by atoms with E-state index in [-0.39, 0.29) is 11.9 Å². The standard InChI is InChI=1S/C17H18N8O/c1-11(2)9-13(16-21-19-14-5-3-4-7-24(14)16)18-17(26)12-6-8-25-15(10-12)20-22-23-25/h3-8,10-11,13H,9H2,1-2H3,(H,18,26)/t13-/m0/s1. The highest BCUT2D eigenvalue weighted by molar-refractivity contribution is 5.95. The Kier molecular flexibility index (Phi) is 4.04. The van der Waals surface area contributed by atoms with Crippen LogP contribution in [0.25, 0.3) is 11.3 Å². The van der Waals surface area contributed by atoms with Crippen molar-refractivity contribution in [1.29, 1.82) is 0 Å². The fraction of sp³-hybridized carbons (Fsp3) is 0.294. The van der Waals surface area contributed by atoms with Gasteiger partial charge in [0.25, 0.3) is 5.91 Å². The molecule has 4 aromatic heterocycles. The van der Waals surface area contributed by atoms with Gasteiger partial charge >= 0.3 is 0 Å². The number of amides is 1. The number of hydrogen-bond donors (Lipinski definition) is 1. The molecule has 0 aliphatic heterocycles. The molecule has 0 aliphatic carbocycles. The predicted octanol–water partition coefficient (Wildman–Crippen LogP) is 1.68. The van der Waals surface area contributed by atoms with Crippen molar-refractivity contribution in [3.05, 3.63) is 54.1 Å². The Labute approximate surface area is 149 Å². The summed E-state index contributed by atoms with van der Waals surface area (Å²) in [5, 5.41) is 22.8. The van der Waals surface area contributed by atoms with Crippen molar-refractivity contribution in [1.82, 2.24) is 40.0 Å². The number of nitrogens with one attached hydrogen (secondary N) is 1. The van der Waals surface area contributed by atoms with Crippen molar-refractivity contribution in [3.63, 3.8) is 0 Å². The van der Waals surface area contributed by atoms with Gasteiger partial charge in [-0.3, -0.25) is 9.20 Å². The van der Waals surface area contributed by atoms with Crippen molar-refractivity contribution in [2.75, 3.05) is 0 Å². The molecule has 4 aromatic rings. The molecule has 9 nitrogen and oxygen atoms in total. The quantitative estimate of drug-likeness (QED) is 0.587. The zero-order chi connectivity index (χ0) is 18.1. The van der Waals surface area contributed by atoms with Crippen molar-refractivity contribution in [2.24, 2.45) is 5.92 Å². The Hall–Kier alpha value is -3.36. The number of pyridine rings is 2. The van der Waals surface area contributed by atoms with Gasteiger partial charge in [0.1, 0.15) is 0 Å². The van der Waals surface area contributed by atoms with Crippen molar-refractivity contribution in [3.8, 4) is 0 Å². The number of hydrogen-bond acceptors (Lipinski definition) is 6. The van der Waals surface area contributed by atoms with Crippen molar-refractivity contribution in [2.45, 2.75) is 26.3 Å². The second-order valence-corrected chi connectivity index (χ2v) is 6.54. The average Bonchev–Trinajstić information content (AvgIpc) is 3.26. The molecule has 0 fully saturated rings. The molecule has 0 saturated carbocycles. The summed E-state index contributed by atoms with van der Waals surface area (Å²) in [7, 11) is 0. The van der Waals surface area contributed by atoms with Crippen LogP contribution in [0.4, 0.5) is 0 Å². The molecule has 1 amide bonds. The number of rotatable bonds is 5. The highest BCUT2D eigenvalue weighted by atomic mass is 16.1. The lowest BCUT2D eigenvalue weighted by Gasteiger charge is -2.19. The van der Waals surface area contributed by atoms with Crippen molar-refractivity contribution < 1.29 is 4.79 Å². The minimum Gasteiger partial charge on any atom is -0.342 e. The number of tetrazole rings is 1. The largest absolute Gasteiger partial charge is 0.342 e. The third-order valence-corrected chi connectivity index (χ3v) is 4.12. The molecular weight excluding hydrogens is 332 g/mol. The first-order chi connectivity index (χ1) is 12.6. The van der Waals surface area contributed by atoms with E-state index >= 15 is 0 Å². The first-order valence-electron chi connectivity index (χ1n) is 8.40. The molecule has 4 rings (SSSR count). The van der Waals surface area contributed by atoms with Crippen LogP contribution in [-0.4, -0.2) is 40.5 Å². The molecule has 0 unspecified atom stereocenters. The monoisotopic (exact) mass is 350 g/mol. The second kappa shape index (κ2) is 6.51. The zero-order valence-corrected chi connectivity index (χ0v) is 14.4. The summed E-state index contributed by atoms with van der Waals surface area (Å²) in [6, 6.07) is 8.80. The van der Waals surface area contributed by atoms with E-state index in [1.165, 1.54) is 4.52 Å². The molecule has 0 spiro atoms. The van der Waals surface area contributed by atoms with Crippen LogP contribution in [0.1, 0.15) is 42.5 Å². The Morgan fingerprint density at radius 2 is 2.00 bits per heavy atom. The van der Waals surface area contributed by atoms with E-state index in [0.717, 1.165) is 12.1 Å². The topological polar surface area (TPSA) is 102 Å². The Bertz CT molecular complexity index is 1070. The smallest absolute Gasteiger partial charge is 0.252 e. The molecular formula is C17H18N8O. The molecule has 26 heavy (non-hydrogen) atoms. The highest BCUT2D eigenvalue weighted by Crippen LogP contribution is 2.21. The maximum Gasteiger partial charge on any atom is 0.252 e. The first-order valence-corrected chi connectivity index (χ1v) is 8.40. The second-order valence-electron chi connectivity index (χ2n) is 6.54. The van der Waals surface area contributed by atoms with Crippen LogP contribution in [0, 0.1) is 5.92 Å². The molecule has 0 aromatic carbocycles. The first kappa shape index (κ1) is 16.1. The SMILES string of the molecule is CC(C)C[C@H](NC(=O)c1ccn2nnnc2c1)c1nnc2ccccn12. The molecule has 0 radical (unpaired) electrons. The third-order valence-electron chi connectivity index (χ3n) is 4.12. The molecule has 1 atom stereocenters. The van der Waals surface area contributed by atoms with Crippen LogP contribution in [0.5, 0.6) is 0 Å². The summed E-state index contributed by atoms with van der Waals surface area (Å²) in [5.74, 6) is 0.890. The molecule has 4 heterocycles. The number of fused-ring (bicyclic) bond motifs is 2. The lowest BCUT2D eigenvalue weighted by molar-refractivity contribution is 0.0929. The van der Waals surface area contributed by atoms with Crippen LogP contribution in [0.2, 0.25) is 0 Å². The fourth-order valence-electron chi connectivity index (χ4n) is 2.92. The van der Waals surface area contributed by atoms with Gasteiger partial charge in [0.15, 0.2) is 17.1 Å². The maximum absolute atomic E-state index is 12.8. The normalized spacial score (nSPS) is 12.7. The Morgan fingerprint density at radius 1 is 1.12 bits per heavy atom. The predicted molar refractivity (Wildman–Crippen MR) is 93.4 cm³/mol. The lowest BCUT2D eigenvalue weighted by Crippen LogP contribution is -2.31. The average molecular weight is 350 g/mol. The van der Waals surface area contributed by atoms with Crippen LogP contribution in [0.15, 0.2) is 42.7 Å². The van der Waals surface area contributed by atoms with E-state index in [1.54, 1.807) is 18.3 Å². The van der Waals surface area contributed by atoms with E-state index in [1.807, 2.05) is 28.8 Å². The van der Waals surface area contributed by atoms with E-state index in [2.05, 4.69) is 44.9 Å². The minimum absolute atomic E-state index is 0.200. The molecule has 1 N–H and O–H groups in total. The van der Waals surface area contributed by atoms with Crippen LogP contribution in [-0.2, 0) is 0 Å². The number of aromatic nitrogens is 7. The zero-order valence-electron chi connectivity index (χ0n) is 14.4. The van der Waals surface area contributed by atoms with Gasteiger partial charge in [-0.1, -0.05) is 19.9 Å². The van der Waals surface area contributed by atoms with Crippen LogP contribution in [0.3, 0.4) is 0 Å². The van der Waals surface area contributed by atoms with E-state index in [4.69, 9.17) is 0 Å². The molecule has 9 heteroatoms. The summed E-state index contributed by atoms with van der Waals surface area (Å²) in [5.41, 5.74) is 1.77. The van der Waals surface area contributed by atoms with E-state index in [9.17, 15) is 4.79 Å². The Morgan fingerprint density at radius 3 is 2.85 bits per heavy atom. The van der Waals surface area contributed by atoms with Crippen LogP contribution < -0.4 is 5.32 Å². The maximum atomic E-state index is 12.8. The van der Waals surface area contributed by atoms with Crippen molar-refractivity contribution >= 4 is 17.2 Å². The summed E-state index contributed by atoms with van der Waals surface area (Å²) in [6.45, 7) is 4.21. The van der Waals surface area contributed by atoms with E-state index < -0.39 is 0 Å². The van der Waals surface area contributed by atoms with Gasteiger partial charge in [0.05, 0.1) is 6.04 Å². The Balaban J connectivity index is 1.65. The van der Waals surface area contributed by atoms with Gasteiger partial charge in [-0.2, -0.15) is 0 Å². The number of nitrogens with zero attached hydrogens (tertiary/aromatic N) is 7. The number of carbonyl (C=O) groups excluding carboxylic acids is 1. The van der Waals surface area contributed by atoms with Gasteiger partial charge in [-0.25, -0.2) is 4.52 Å². The molecule has 0 bridgehead atoms. The lowest BCUT2D eigenvalue weighted by atomic mass is 10.0.